The Morgan fingerprint density at radius 1 is 0.562 bits per heavy atom. The molecular formula is C10H8Cl6. The van der Waals surface area contributed by atoms with Crippen molar-refractivity contribution in [3.05, 3.63) is 0 Å². The molecule has 6 atom stereocenters. The quantitative estimate of drug-likeness (QED) is 0.563. The van der Waals surface area contributed by atoms with Gasteiger partial charge >= 0.3 is 0 Å². The van der Waals surface area contributed by atoms with Crippen molar-refractivity contribution in [3.63, 3.8) is 0 Å². The first-order chi connectivity index (χ1) is 7.22. The van der Waals surface area contributed by atoms with Crippen LogP contribution in [0.25, 0.3) is 0 Å². The minimum atomic E-state index is -0.719. The highest BCUT2D eigenvalue weighted by molar-refractivity contribution is 6.55. The van der Waals surface area contributed by atoms with E-state index >= 15 is 0 Å². The Labute approximate surface area is 124 Å². The first kappa shape index (κ1) is 11.6. The maximum absolute atomic E-state index is 6.31. The van der Waals surface area contributed by atoms with E-state index in [1.54, 1.807) is 0 Å². The minimum absolute atomic E-state index is 0.171. The third-order valence-corrected chi connectivity index (χ3v) is 8.11. The second-order valence-corrected chi connectivity index (χ2v) is 9.91. The first-order valence-corrected chi connectivity index (χ1v) is 7.62. The molecule has 4 aliphatic carbocycles. The SMILES string of the molecule is ClC1(Cl)[C@H]2[C@H]1[C@@H]1[C@H](C[C@@H]3[C@@H]2C3(Cl)Cl)C1(Cl)Cl. The fourth-order valence-corrected chi connectivity index (χ4v) is 6.75. The number of alkyl halides is 6. The predicted molar refractivity (Wildman–Crippen MR) is 68.9 cm³/mol. The highest BCUT2D eigenvalue weighted by Crippen LogP contribution is 2.87. The van der Waals surface area contributed by atoms with Gasteiger partial charge in [-0.15, -0.1) is 69.6 Å². The summed E-state index contributed by atoms with van der Waals surface area (Å²) in [5, 5.41) is 0. The molecule has 90 valence electrons. The topological polar surface area (TPSA) is 0 Å². The third kappa shape index (κ3) is 1.10. The van der Waals surface area contributed by atoms with E-state index in [2.05, 4.69) is 0 Å². The maximum Gasteiger partial charge on any atom is 0.125 e. The number of halogens is 6. The second-order valence-electron chi connectivity index (χ2n) is 5.58. The molecule has 4 aliphatic rings. The largest absolute Gasteiger partial charge is 0.125 e. The molecule has 16 heavy (non-hydrogen) atoms. The van der Waals surface area contributed by atoms with Gasteiger partial charge in [0.15, 0.2) is 0 Å². The van der Waals surface area contributed by atoms with Crippen molar-refractivity contribution in [1.29, 1.82) is 0 Å². The van der Waals surface area contributed by atoms with Gasteiger partial charge in [0, 0.05) is 23.7 Å². The van der Waals surface area contributed by atoms with Gasteiger partial charge in [-0.25, -0.2) is 0 Å². The van der Waals surface area contributed by atoms with Crippen LogP contribution in [0.5, 0.6) is 0 Å². The predicted octanol–water partition coefficient (Wildman–Crippen LogP) is 4.65. The molecule has 0 unspecified atom stereocenters. The normalized spacial score (nSPS) is 61.1. The van der Waals surface area contributed by atoms with Crippen LogP contribution in [0.4, 0.5) is 0 Å². The molecule has 0 aliphatic heterocycles. The number of fused-ring (bicyclic) bond motifs is 5. The molecule has 0 aromatic rings. The summed E-state index contributed by atoms with van der Waals surface area (Å²) in [6.07, 6.45) is 0.909. The van der Waals surface area contributed by atoms with Crippen molar-refractivity contribution in [2.75, 3.05) is 0 Å². The molecule has 0 aromatic carbocycles. The van der Waals surface area contributed by atoms with Crippen LogP contribution in [0.2, 0.25) is 0 Å². The molecule has 6 heteroatoms. The van der Waals surface area contributed by atoms with Gasteiger partial charge in [0.05, 0.1) is 0 Å². The van der Waals surface area contributed by atoms with Gasteiger partial charge in [-0.05, 0) is 18.3 Å². The van der Waals surface area contributed by atoms with E-state index in [0.717, 1.165) is 6.42 Å². The molecule has 0 spiro atoms. The molecule has 4 rings (SSSR count). The fourth-order valence-electron chi connectivity index (χ4n) is 3.99. The van der Waals surface area contributed by atoms with E-state index in [4.69, 9.17) is 69.6 Å². The Morgan fingerprint density at radius 2 is 0.938 bits per heavy atom. The van der Waals surface area contributed by atoms with Gasteiger partial charge in [0.2, 0.25) is 0 Å². The summed E-state index contributed by atoms with van der Waals surface area (Å²) in [5.74, 6) is 1.32. The standard InChI is InChI=1S/C10H8Cl6/c11-8(12)2-1-3-5(9(3,13)14)7-6(4(2)8)10(7,15)16/h2-7H,1H2/t2-,3+,4-,5-,6+,7+/m0/s1. The lowest BCUT2D eigenvalue weighted by atomic mass is 10.1. The molecule has 0 amide bonds. The molecule has 0 nitrogen and oxygen atoms in total. The monoisotopic (exact) mass is 338 g/mol. The van der Waals surface area contributed by atoms with E-state index in [1.165, 1.54) is 0 Å². The molecular weight excluding hydrogens is 333 g/mol. The lowest BCUT2D eigenvalue weighted by Crippen LogP contribution is -1.98. The summed E-state index contributed by atoms with van der Waals surface area (Å²) in [4.78, 5) is 0. The van der Waals surface area contributed by atoms with E-state index in [-0.39, 0.29) is 35.5 Å². The number of hydrogen-bond donors (Lipinski definition) is 0. The zero-order chi connectivity index (χ0) is 11.7. The molecule has 0 bridgehead atoms. The summed E-state index contributed by atoms with van der Waals surface area (Å²) in [7, 11) is 0. The van der Waals surface area contributed by atoms with Crippen LogP contribution in [0.3, 0.4) is 0 Å². The van der Waals surface area contributed by atoms with Gasteiger partial charge < -0.3 is 0 Å². The zero-order valence-electron chi connectivity index (χ0n) is 7.94. The Hall–Kier alpha value is 1.74. The minimum Gasteiger partial charge on any atom is -0.101 e. The van der Waals surface area contributed by atoms with Crippen molar-refractivity contribution in [2.24, 2.45) is 35.5 Å². The summed E-state index contributed by atoms with van der Waals surface area (Å²) < 4.78 is -2.04. The summed E-state index contributed by atoms with van der Waals surface area (Å²) in [5.41, 5.74) is 0. The molecule has 0 radical (unpaired) electrons. The van der Waals surface area contributed by atoms with Crippen LogP contribution in [0.1, 0.15) is 6.42 Å². The van der Waals surface area contributed by atoms with Crippen LogP contribution < -0.4 is 0 Å². The molecule has 0 saturated heterocycles. The first-order valence-electron chi connectivity index (χ1n) is 5.35. The van der Waals surface area contributed by atoms with Crippen LogP contribution in [-0.2, 0) is 0 Å². The van der Waals surface area contributed by atoms with Crippen LogP contribution in [0, 0.1) is 35.5 Å². The van der Waals surface area contributed by atoms with Crippen molar-refractivity contribution in [2.45, 2.75) is 19.4 Å². The van der Waals surface area contributed by atoms with Crippen LogP contribution >= 0.6 is 69.6 Å². The Bertz CT molecular complexity index is 355. The van der Waals surface area contributed by atoms with Crippen molar-refractivity contribution >= 4 is 69.6 Å². The van der Waals surface area contributed by atoms with E-state index in [1.807, 2.05) is 0 Å². The zero-order valence-corrected chi connectivity index (χ0v) is 12.5. The lowest BCUT2D eigenvalue weighted by molar-refractivity contribution is 0.569. The highest BCUT2D eigenvalue weighted by atomic mass is 35.5. The lowest BCUT2D eigenvalue weighted by Gasteiger charge is -1.99. The molecule has 0 N–H and O–H groups in total. The van der Waals surface area contributed by atoms with E-state index in [0.29, 0.717) is 0 Å². The van der Waals surface area contributed by atoms with E-state index in [9.17, 15) is 0 Å². The van der Waals surface area contributed by atoms with Gasteiger partial charge in [-0.2, -0.15) is 0 Å². The van der Waals surface area contributed by atoms with Crippen molar-refractivity contribution < 1.29 is 0 Å². The van der Waals surface area contributed by atoms with Gasteiger partial charge in [-0.1, -0.05) is 0 Å². The van der Waals surface area contributed by atoms with Gasteiger partial charge in [-0.3, -0.25) is 0 Å². The van der Waals surface area contributed by atoms with E-state index < -0.39 is 13.0 Å². The maximum atomic E-state index is 6.31. The number of hydrogen-bond acceptors (Lipinski definition) is 0. The summed E-state index contributed by atoms with van der Waals surface area (Å²) in [6.45, 7) is 0. The Morgan fingerprint density at radius 3 is 1.31 bits per heavy atom. The average molecular weight is 341 g/mol. The number of rotatable bonds is 0. The molecule has 4 saturated carbocycles. The third-order valence-electron chi connectivity index (χ3n) is 4.97. The van der Waals surface area contributed by atoms with Crippen molar-refractivity contribution in [1.82, 2.24) is 0 Å². The fraction of sp³-hybridized carbons (Fsp3) is 1.00. The molecule has 4 fully saturated rings. The second kappa shape index (κ2) is 2.76. The highest BCUT2D eigenvalue weighted by Gasteiger charge is 2.88. The smallest absolute Gasteiger partial charge is 0.101 e. The average Bonchev–Trinajstić information content (AvgIpc) is 2.96. The van der Waals surface area contributed by atoms with Crippen molar-refractivity contribution in [3.8, 4) is 0 Å². The Balaban J connectivity index is 1.73. The summed E-state index contributed by atoms with van der Waals surface area (Å²) in [6, 6.07) is 0. The van der Waals surface area contributed by atoms with Gasteiger partial charge in [0.1, 0.15) is 13.0 Å². The molecule has 0 aromatic heterocycles. The van der Waals surface area contributed by atoms with Crippen LogP contribution in [-0.4, -0.2) is 13.0 Å². The van der Waals surface area contributed by atoms with Crippen LogP contribution in [0.15, 0.2) is 0 Å². The Kier molecular flexibility index (Phi) is 2.00. The summed E-state index contributed by atoms with van der Waals surface area (Å²) >= 11 is 37.7. The molecule has 0 heterocycles. The van der Waals surface area contributed by atoms with Gasteiger partial charge in [0.25, 0.3) is 0 Å².